The molecule has 0 saturated heterocycles. The average Bonchev–Trinajstić information content (AvgIpc) is 3.19. The van der Waals surface area contributed by atoms with E-state index in [1.54, 1.807) is 6.07 Å². The lowest BCUT2D eigenvalue weighted by Crippen LogP contribution is -2.60. The van der Waals surface area contributed by atoms with Crippen molar-refractivity contribution in [2.45, 2.75) is 50.7 Å². The smallest absolute Gasteiger partial charge is 0.375 e. The first-order chi connectivity index (χ1) is 16.6. The number of ether oxygens (including phenoxy) is 2. The van der Waals surface area contributed by atoms with Crippen LogP contribution in [0.15, 0.2) is 59.0 Å². The second-order valence-electron chi connectivity index (χ2n) is 10.3. The fourth-order valence-corrected chi connectivity index (χ4v) is 6.87. The molecule has 1 N–H and O–H groups in total. The maximum absolute atomic E-state index is 13.0. The number of benzene rings is 2. The van der Waals surface area contributed by atoms with Gasteiger partial charge in [-0.1, -0.05) is 36.4 Å². The first kappa shape index (κ1) is 21.3. The van der Waals surface area contributed by atoms with Gasteiger partial charge in [-0.2, -0.15) is 0 Å². The van der Waals surface area contributed by atoms with Crippen molar-refractivity contribution in [2.75, 3.05) is 6.61 Å². The number of fused-ring (bicyclic) bond motifs is 1. The maximum Gasteiger partial charge on any atom is 0.375 e. The van der Waals surface area contributed by atoms with E-state index in [-0.39, 0.29) is 30.4 Å². The molecule has 1 amide bonds. The van der Waals surface area contributed by atoms with Crippen LogP contribution in [-0.2, 0) is 16.1 Å². The number of para-hydroxylation sites is 2. The highest BCUT2D eigenvalue weighted by Gasteiger charge is 2.51. The van der Waals surface area contributed by atoms with Crippen LogP contribution < -0.4 is 10.1 Å². The van der Waals surface area contributed by atoms with Crippen LogP contribution in [0.5, 0.6) is 5.75 Å². The predicted molar refractivity (Wildman–Crippen MR) is 126 cm³/mol. The minimum absolute atomic E-state index is 0.0831. The van der Waals surface area contributed by atoms with Gasteiger partial charge in [-0.05, 0) is 74.5 Å². The van der Waals surface area contributed by atoms with Crippen molar-refractivity contribution in [3.8, 4) is 5.75 Å². The van der Waals surface area contributed by atoms with Crippen LogP contribution in [0.3, 0.4) is 0 Å². The zero-order valence-corrected chi connectivity index (χ0v) is 19.1. The summed E-state index contributed by atoms with van der Waals surface area (Å²) in [6.07, 6.45) is 7.10. The summed E-state index contributed by atoms with van der Waals surface area (Å²) in [6, 6.07) is 16.8. The predicted octanol–water partition coefficient (Wildman–Crippen LogP) is 5.25. The lowest BCUT2D eigenvalue weighted by molar-refractivity contribution is -0.130. The van der Waals surface area contributed by atoms with Crippen molar-refractivity contribution in [3.63, 3.8) is 0 Å². The largest absolute Gasteiger partial charge is 0.489 e. The molecule has 4 aliphatic rings. The molecule has 1 heterocycles. The third-order valence-corrected chi connectivity index (χ3v) is 7.79. The van der Waals surface area contributed by atoms with Crippen molar-refractivity contribution in [1.82, 2.24) is 5.32 Å². The van der Waals surface area contributed by atoms with Crippen molar-refractivity contribution in [1.29, 1.82) is 0 Å². The summed E-state index contributed by atoms with van der Waals surface area (Å²) in [7, 11) is 0. The zero-order chi connectivity index (χ0) is 23.1. The van der Waals surface area contributed by atoms with Gasteiger partial charge in [0.15, 0.2) is 6.61 Å². The van der Waals surface area contributed by atoms with Crippen molar-refractivity contribution in [3.05, 3.63) is 65.9 Å². The van der Waals surface area contributed by atoms with E-state index in [4.69, 9.17) is 13.9 Å². The van der Waals surface area contributed by atoms with Crippen LogP contribution >= 0.6 is 0 Å². The Bertz CT molecular complexity index is 1180. The van der Waals surface area contributed by atoms with Crippen LogP contribution in [0.2, 0.25) is 0 Å². The Kier molecular flexibility index (Phi) is 5.31. The zero-order valence-electron chi connectivity index (χ0n) is 19.1. The van der Waals surface area contributed by atoms with E-state index >= 15 is 0 Å². The molecule has 176 valence electrons. The molecule has 1 aromatic heterocycles. The fourth-order valence-electron chi connectivity index (χ4n) is 6.87. The standard InChI is InChI=1S/C28H29NO5/c30-25(29-28-13-18-10-19(14-28)12-20(11-18)15-28)17-33-27(31)26-23(16-32-21-6-2-1-3-7-21)22-8-4-5-9-24(22)34-26/h1-9,18-20H,10-17H2,(H,29,30). The molecular formula is C28H29NO5. The Labute approximate surface area is 198 Å². The lowest BCUT2D eigenvalue weighted by Gasteiger charge is -2.56. The van der Waals surface area contributed by atoms with E-state index < -0.39 is 5.97 Å². The topological polar surface area (TPSA) is 77.8 Å². The molecule has 4 fully saturated rings. The van der Waals surface area contributed by atoms with Gasteiger partial charge < -0.3 is 19.2 Å². The van der Waals surface area contributed by atoms with Gasteiger partial charge in [0.25, 0.3) is 5.91 Å². The second kappa shape index (κ2) is 8.49. The maximum atomic E-state index is 13.0. The molecule has 6 nitrogen and oxygen atoms in total. The molecule has 4 saturated carbocycles. The molecular weight excluding hydrogens is 430 g/mol. The number of furan rings is 1. The normalized spacial score (nSPS) is 27.0. The van der Waals surface area contributed by atoms with Gasteiger partial charge in [-0.25, -0.2) is 4.79 Å². The summed E-state index contributed by atoms with van der Waals surface area (Å²) in [4.78, 5) is 25.8. The summed E-state index contributed by atoms with van der Waals surface area (Å²) in [6.45, 7) is -0.151. The molecule has 2 aromatic carbocycles. The minimum atomic E-state index is -0.650. The van der Waals surface area contributed by atoms with Gasteiger partial charge in [-0.15, -0.1) is 0 Å². The van der Waals surface area contributed by atoms with Crippen LogP contribution in [0.25, 0.3) is 11.0 Å². The summed E-state index contributed by atoms with van der Waals surface area (Å²) < 4.78 is 17.1. The monoisotopic (exact) mass is 459 g/mol. The van der Waals surface area contributed by atoms with E-state index in [9.17, 15) is 9.59 Å². The van der Waals surface area contributed by atoms with Crippen LogP contribution in [0.1, 0.15) is 54.6 Å². The highest BCUT2D eigenvalue weighted by Crippen LogP contribution is 2.55. The van der Waals surface area contributed by atoms with E-state index in [2.05, 4.69) is 5.32 Å². The number of esters is 1. The Morgan fingerprint density at radius 2 is 1.56 bits per heavy atom. The molecule has 0 unspecified atom stereocenters. The second-order valence-corrected chi connectivity index (χ2v) is 10.3. The third kappa shape index (κ3) is 4.06. The van der Waals surface area contributed by atoms with Gasteiger partial charge in [0, 0.05) is 10.9 Å². The Morgan fingerprint density at radius 3 is 2.26 bits per heavy atom. The van der Waals surface area contributed by atoms with Crippen LogP contribution in [-0.4, -0.2) is 24.0 Å². The van der Waals surface area contributed by atoms with Crippen molar-refractivity contribution >= 4 is 22.8 Å². The van der Waals surface area contributed by atoms with Gasteiger partial charge in [0.1, 0.15) is 17.9 Å². The fraction of sp³-hybridized carbons (Fsp3) is 0.429. The van der Waals surface area contributed by atoms with Gasteiger partial charge in [0.2, 0.25) is 5.76 Å². The molecule has 7 rings (SSSR count). The molecule has 4 bridgehead atoms. The van der Waals surface area contributed by atoms with Gasteiger partial charge >= 0.3 is 5.97 Å². The average molecular weight is 460 g/mol. The first-order valence-electron chi connectivity index (χ1n) is 12.2. The third-order valence-electron chi connectivity index (χ3n) is 7.79. The van der Waals surface area contributed by atoms with Crippen LogP contribution in [0, 0.1) is 17.8 Å². The molecule has 3 aromatic rings. The molecule has 0 atom stereocenters. The van der Waals surface area contributed by atoms with Crippen LogP contribution in [0.4, 0.5) is 0 Å². The highest BCUT2D eigenvalue weighted by molar-refractivity contribution is 5.97. The number of hydrogen-bond acceptors (Lipinski definition) is 5. The molecule has 0 spiro atoms. The summed E-state index contributed by atoms with van der Waals surface area (Å²) in [5, 5.41) is 4.04. The highest BCUT2D eigenvalue weighted by atomic mass is 16.5. The Hall–Kier alpha value is -3.28. The molecule has 0 aliphatic heterocycles. The number of rotatable bonds is 7. The molecule has 34 heavy (non-hydrogen) atoms. The van der Waals surface area contributed by atoms with Gasteiger partial charge in [-0.3, -0.25) is 4.79 Å². The SMILES string of the molecule is O=C(COC(=O)c1oc2ccccc2c1COc1ccccc1)NC12CC3CC(CC(C3)C1)C2. The van der Waals surface area contributed by atoms with E-state index in [0.29, 0.717) is 16.9 Å². The van der Waals surface area contributed by atoms with Crippen molar-refractivity contribution < 1.29 is 23.5 Å². The van der Waals surface area contributed by atoms with Crippen molar-refractivity contribution in [2.24, 2.45) is 17.8 Å². The summed E-state index contributed by atoms with van der Waals surface area (Å²) in [5.74, 6) is 2.10. The number of hydrogen-bond donors (Lipinski definition) is 1. The quantitative estimate of drug-likeness (QED) is 0.488. The lowest BCUT2D eigenvalue weighted by atomic mass is 9.53. The summed E-state index contributed by atoms with van der Waals surface area (Å²) in [5.41, 5.74) is 1.09. The molecule has 0 radical (unpaired) electrons. The van der Waals surface area contributed by atoms with E-state index in [0.717, 1.165) is 42.4 Å². The summed E-state index contributed by atoms with van der Waals surface area (Å²) >= 11 is 0. The number of carbonyl (C=O) groups is 2. The number of carbonyl (C=O) groups excluding carboxylic acids is 2. The van der Waals surface area contributed by atoms with Gasteiger partial charge in [0.05, 0.1) is 5.56 Å². The molecule has 4 aliphatic carbocycles. The number of nitrogens with one attached hydrogen (secondary N) is 1. The first-order valence-corrected chi connectivity index (χ1v) is 12.2. The molecule has 6 heteroatoms. The number of amides is 1. The Balaban J connectivity index is 1.14. The Morgan fingerprint density at radius 1 is 0.912 bits per heavy atom. The van der Waals surface area contributed by atoms with E-state index in [1.807, 2.05) is 48.5 Å². The van der Waals surface area contributed by atoms with E-state index in [1.165, 1.54) is 19.3 Å². The minimum Gasteiger partial charge on any atom is -0.489 e.